The Morgan fingerprint density at radius 1 is 1.45 bits per heavy atom. The first-order chi connectivity index (χ1) is 5.29. The molecule has 1 atom stereocenters. The third-order valence-corrected chi connectivity index (χ3v) is 3.45. The van der Waals surface area contributed by atoms with E-state index in [1.54, 1.807) is 0 Å². The molecule has 0 nitrogen and oxygen atoms in total. The normalized spacial score (nSPS) is 27.8. The van der Waals surface area contributed by atoms with Gasteiger partial charge in [-0.15, -0.1) is 11.8 Å². The second-order valence-corrected chi connectivity index (χ2v) is 4.36. The molecule has 58 valence electrons. The molecule has 1 aliphatic carbocycles. The standard InChI is InChI=1S/C10H12S/c1-3-9-6-8-4-7(2)5-10(8)11-9/h4-6,9H,3H2,1-2H3. The second-order valence-electron chi connectivity index (χ2n) is 3.08. The van der Waals surface area contributed by atoms with Crippen LogP contribution in [0.1, 0.15) is 20.3 Å². The van der Waals surface area contributed by atoms with Crippen LogP contribution in [0, 0.1) is 0 Å². The van der Waals surface area contributed by atoms with Gasteiger partial charge in [-0.3, -0.25) is 0 Å². The first-order valence-corrected chi connectivity index (χ1v) is 4.96. The number of fused-ring (bicyclic) bond motifs is 1. The predicted molar refractivity (Wildman–Crippen MR) is 51.6 cm³/mol. The van der Waals surface area contributed by atoms with E-state index >= 15 is 0 Å². The lowest BCUT2D eigenvalue weighted by molar-refractivity contribution is 0.984. The van der Waals surface area contributed by atoms with Gasteiger partial charge in [-0.2, -0.15) is 0 Å². The van der Waals surface area contributed by atoms with Crippen LogP contribution >= 0.6 is 11.8 Å². The van der Waals surface area contributed by atoms with Crippen LogP contribution in [-0.2, 0) is 0 Å². The Morgan fingerprint density at radius 3 is 2.91 bits per heavy atom. The summed E-state index contributed by atoms with van der Waals surface area (Å²) in [5, 5.41) is 0.737. The highest BCUT2D eigenvalue weighted by molar-refractivity contribution is 8.04. The van der Waals surface area contributed by atoms with Crippen molar-refractivity contribution in [1.82, 2.24) is 0 Å². The third-order valence-electron chi connectivity index (χ3n) is 2.07. The molecule has 2 aliphatic rings. The average molecular weight is 164 g/mol. The summed E-state index contributed by atoms with van der Waals surface area (Å²) in [4.78, 5) is 1.48. The van der Waals surface area contributed by atoms with Crippen molar-refractivity contribution in [3.63, 3.8) is 0 Å². The second kappa shape index (κ2) is 2.56. The molecule has 0 aromatic heterocycles. The summed E-state index contributed by atoms with van der Waals surface area (Å²) >= 11 is 2.00. The number of allylic oxidation sites excluding steroid dienone is 4. The van der Waals surface area contributed by atoms with E-state index in [0.29, 0.717) is 0 Å². The van der Waals surface area contributed by atoms with Crippen molar-refractivity contribution in [2.75, 3.05) is 0 Å². The van der Waals surface area contributed by atoms with Crippen LogP contribution in [-0.4, -0.2) is 5.25 Å². The fourth-order valence-electron chi connectivity index (χ4n) is 1.48. The topological polar surface area (TPSA) is 0 Å². The molecule has 0 aromatic carbocycles. The average Bonchev–Trinajstić information content (AvgIpc) is 2.43. The maximum Gasteiger partial charge on any atom is 0.0281 e. The molecule has 0 saturated heterocycles. The Bertz CT molecular complexity index is 269. The van der Waals surface area contributed by atoms with Crippen LogP contribution in [0.2, 0.25) is 0 Å². The van der Waals surface area contributed by atoms with Crippen molar-refractivity contribution in [1.29, 1.82) is 0 Å². The van der Waals surface area contributed by atoms with E-state index in [2.05, 4.69) is 32.1 Å². The molecule has 11 heavy (non-hydrogen) atoms. The van der Waals surface area contributed by atoms with Crippen LogP contribution in [0.3, 0.4) is 0 Å². The zero-order valence-electron chi connectivity index (χ0n) is 6.92. The van der Waals surface area contributed by atoms with Crippen molar-refractivity contribution in [3.05, 3.63) is 34.3 Å². The smallest absolute Gasteiger partial charge is 0.0281 e. The lowest BCUT2D eigenvalue weighted by atomic mass is 10.2. The molecule has 0 aromatic rings. The Kier molecular flexibility index (Phi) is 1.68. The Labute approximate surface area is 72.1 Å². The number of hydrogen-bond acceptors (Lipinski definition) is 1. The van der Waals surface area contributed by atoms with Gasteiger partial charge >= 0.3 is 0 Å². The molecule has 0 spiro atoms. The van der Waals surface area contributed by atoms with Crippen molar-refractivity contribution in [2.45, 2.75) is 25.5 Å². The minimum absolute atomic E-state index is 0.737. The summed E-state index contributed by atoms with van der Waals surface area (Å²) in [6.07, 6.45) is 8.19. The number of thioether (sulfide) groups is 1. The van der Waals surface area contributed by atoms with Crippen LogP contribution in [0.4, 0.5) is 0 Å². The molecular formula is C10H12S. The monoisotopic (exact) mass is 164 g/mol. The summed E-state index contributed by atoms with van der Waals surface area (Å²) in [5.74, 6) is 0. The van der Waals surface area contributed by atoms with Gasteiger partial charge in [0.15, 0.2) is 0 Å². The minimum Gasteiger partial charge on any atom is -0.118 e. The molecule has 2 rings (SSSR count). The first kappa shape index (κ1) is 7.23. The van der Waals surface area contributed by atoms with Gasteiger partial charge in [0, 0.05) is 10.2 Å². The highest BCUT2D eigenvalue weighted by Gasteiger charge is 2.21. The fourth-order valence-corrected chi connectivity index (χ4v) is 2.70. The summed E-state index contributed by atoms with van der Waals surface area (Å²) in [6.45, 7) is 4.40. The van der Waals surface area contributed by atoms with E-state index in [9.17, 15) is 0 Å². The molecule has 0 N–H and O–H groups in total. The summed E-state index contributed by atoms with van der Waals surface area (Å²) < 4.78 is 0. The fraction of sp³-hybridized carbons (Fsp3) is 0.400. The van der Waals surface area contributed by atoms with Crippen molar-refractivity contribution in [2.24, 2.45) is 0 Å². The van der Waals surface area contributed by atoms with Crippen LogP contribution in [0.25, 0.3) is 0 Å². The zero-order chi connectivity index (χ0) is 7.84. The van der Waals surface area contributed by atoms with E-state index in [-0.39, 0.29) is 0 Å². The molecule has 1 heteroatoms. The van der Waals surface area contributed by atoms with Gasteiger partial charge in [-0.05, 0) is 30.6 Å². The molecule has 1 unspecified atom stereocenters. The largest absolute Gasteiger partial charge is 0.118 e. The molecule has 0 amide bonds. The maximum atomic E-state index is 2.38. The minimum atomic E-state index is 0.737. The molecule has 0 bridgehead atoms. The first-order valence-electron chi connectivity index (χ1n) is 4.08. The number of rotatable bonds is 1. The highest BCUT2D eigenvalue weighted by atomic mass is 32.2. The van der Waals surface area contributed by atoms with Gasteiger partial charge in [0.05, 0.1) is 0 Å². The molecule has 0 radical (unpaired) electrons. The van der Waals surface area contributed by atoms with Crippen molar-refractivity contribution in [3.8, 4) is 0 Å². The maximum absolute atomic E-state index is 2.38. The molecule has 0 saturated carbocycles. The molecule has 1 aliphatic heterocycles. The van der Waals surface area contributed by atoms with Gasteiger partial charge in [0.1, 0.15) is 0 Å². The van der Waals surface area contributed by atoms with E-state index < -0.39 is 0 Å². The Balaban J connectivity index is 2.26. The molecule has 0 fully saturated rings. The summed E-state index contributed by atoms with van der Waals surface area (Å²) in [7, 11) is 0. The van der Waals surface area contributed by atoms with Crippen molar-refractivity contribution >= 4 is 11.8 Å². The van der Waals surface area contributed by atoms with E-state index in [1.807, 2.05) is 11.8 Å². The lowest BCUT2D eigenvalue weighted by Crippen LogP contribution is -1.88. The predicted octanol–water partition coefficient (Wildman–Crippen LogP) is 3.28. The van der Waals surface area contributed by atoms with Gasteiger partial charge < -0.3 is 0 Å². The van der Waals surface area contributed by atoms with Gasteiger partial charge in [-0.25, -0.2) is 0 Å². The molecule has 1 heterocycles. The van der Waals surface area contributed by atoms with Crippen LogP contribution in [0.5, 0.6) is 0 Å². The van der Waals surface area contributed by atoms with E-state index in [4.69, 9.17) is 0 Å². The summed E-state index contributed by atoms with van der Waals surface area (Å²) in [6, 6.07) is 0. The Morgan fingerprint density at radius 2 is 2.27 bits per heavy atom. The lowest BCUT2D eigenvalue weighted by Gasteiger charge is -2.00. The van der Waals surface area contributed by atoms with Crippen molar-refractivity contribution < 1.29 is 0 Å². The zero-order valence-corrected chi connectivity index (χ0v) is 7.74. The SMILES string of the molecule is CCC1C=C2C=C(C)C=C2S1. The van der Waals surface area contributed by atoms with Gasteiger partial charge in [0.25, 0.3) is 0 Å². The van der Waals surface area contributed by atoms with Crippen LogP contribution in [0.15, 0.2) is 34.3 Å². The molecular weight excluding hydrogens is 152 g/mol. The number of hydrogen-bond donors (Lipinski definition) is 0. The van der Waals surface area contributed by atoms with E-state index in [1.165, 1.54) is 22.5 Å². The van der Waals surface area contributed by atoms with Gasteiger partial charge in [-0.1, -0.05) is 19.1 Å². The highest BCUT2D eigenvalue weighted by Crippen LogP contribution is 2.42. The van der Waals surface area contributed by atoms with Crippen LogP contribution < -0.4 is 0 Å². The summed E-state index contributed by atoms with van der Waals surface area (Å²) in [5.41, 5.74) is 2.85. The third kappa shape index (κ3) is 1.18. The Hall–Kier alpha value is -0.430. The van der Waals surface area contributed by atoms with E-state index in [0.717, 1.165) is 5.25 Å². The van der Waals surface area contributed by atoms with Gasteiger partial charge in [0.2, 0.25) is 0 Å². The quantitative estimate of drug-likeness (QED) is 0.573.